The number of carbonyl (C=O) groups excluding carboxylic acids is 1. The van der Waals surface area contributed by atoms with Gasteiger partial charge in [0.1, 0.15) is 11.3 Å². The Bertz CT molecular complexity index is 932. The van der Waals surface area contributed by atoms with Gasteiger partial charge in [-0.05, 0) is 55.9 Å². The molecule has 3 aromatic rings. The number of rotatable bonds is 4. The van der Waals surface area contributed by atoms with Gasteiger partial charge in [0, 0.05) is 12.7 Å². The summed E-state index contributed by atoms with van der Waals surface area (Å²) in [6.45, 7) is 2.44. The van der Waals surface area contributed by atoms with Gasteiger partial charge in [0.2, 0.25) is 5.88 Å². The largest absolute Gasteiger partial charge is 0.437 e. The van der Waals surface area contributed by atoms with Crippen LogP contribution in [0, 0.1) is 0 Å². The minimum absolute atomic E-state index is 0.172. The molecule has 2 aromatic heterocycles. The zero-order valence-corrected chi connectivity index (χ0v) is 14.1. The maximum atomic E-state index is 12.1. The lowest BCUT2D eigenvalue weighted by atomic mass is 9.92. The molecule has 128 valence electrons. The maximum Gasteiger partial charge on any atom is 0.255 e. The Morgan fingerprint density at radius 2 is 2.12 bits per heavy atom. The Balaban J connectivity index is 1.63. The number of carbonyl (C=O) groups is 1. The van der Waals surface area contributed by atoms with Crippen LogP contribution in [0.5, 0.6) is 11.6 Å². The zero-order valence-electron chi connectivity index (χ0n) is 14.1. The summed E-state index contributed by atoms with van der Waals surface area (Å²) >= 11 is 0. The van der Waals surface area contributed by atoms with Crippen LogP contribution in [0.2, 0.25) is 0 Å². The molecule has 0 radical (unpaired) electrons. The third kappa shape index (κ3) is 3.07. The van der Waals surface area contributed by atoms with Crippen molar-refractivity contribution in [3.8, 4) is 11.6 Å². The molecule has 0 atom stereocenters. The van der Waals surface area contributed by atoms with Crippen LogP contribution >= 0.6 is 0 Å². The number of aromatic nitrogens is 3. The van der Waals surface area contributed by atoms with Crippen LogP contribution in [0.3, 0.4) is 0 Å². The molecule has 0 fully saturated rings. The highest BCUT2D eigenvalue weighted by atomic mass is 16.5. The van der Waals surface area contributed by atoms with Crippen molar-refractivity contribution in [1.29, 1.82) is 0 Å². The van der Waals surface area contributed by atoms with Gasteiger partial charge in [-0.15, -0.1) is 0 Å². The van der Waals surface area contributed by atoms with E-state index in [1.165, 1.54) is 24.0 Å². The SMILES string of the molecule is CCNC(=O)c1c[nH]c2ncc(Oc3ccc4c(c3)CCCC4)nc12. The number of hydrogen-bond donors (Lipinski definition) is 2. The van der Waals surface area contributed by atoms with Crippen LogP contribution in [0.15, 0.2) is 30.6 Å². The monoisotopic (exact) mass is 336 g/mol. The van der Waals surface area contributed by atoms with Crippen LogP contribution < -0.4 is 10.1 Å². The van der Waals surface area contributed by atoms with Crippen LogP contribution in [0.25, 0.3) is 11.2 Å². The van der Waals surface area contributed by atoms with Crippen molar-refractivity contribution in [2.24, 2.45) is 0 Å². The fourth-order valence-electron chi connectivity index (χ4n) is 3.25. The van der Waals surface area contributed by atoms with Gasteiger partial charge in [0.15, 0.2) is 5.65 Å². The average Bonchev–Trinajstić information content (AvgIpc) is 3.05. The van der Waals surface area contributed by atoms with Crippen LogP contribution in [0.4, 0.5) is 0 Å². The van der Waals surface area contributed by atoms with E-state index in [9.17, 15) is 4.79 Å². The number of fused-ring (bicyclic) bond motifs is 2. The van der Waals surface area contributed by atoms with Crippen molar-refractivity contribution in [2.45, 2.75) is 32.6 Å². The molecule has 4 rings (SSSR count). The summed E-state index contributed by atoms with van der Waals surface area (Å²) in [5.41, 5.74) is 4.31. The van der Waals surface area contributed by atoms with Gasteiger partial charge in [-0.1, -0.05) is 6.07 Å². The number of amides is 1. The standard InChI is InChI=1S/C19H20N4O2/c1-2-20-19(24)15-10-21-18-17(15)23-16(11-22-18)25-14-8-7-12-5-3-4-6-13(12)9-14/h7-11H,2-6H2,1H3,(H,20,24)(H,21,22). The van der Waals surface area contributed by atoms with Crippen LogP contribution in [0.1, 0.15) is 41.3 Å². The summed E-state index contributed by atoms with van der Waals surface area (Å²) in [5, 5.41) is 2.78. The van der Waals surface area contributed by atoms with Crippen molar-refractivity contribution in [3.05, 3.63) is 47.3 Å². The Labute approximate surface area is 145 Å². The predicted molar refractivity (Wildman–Crippen MR) is 95.1 cm³/mol. The van der Waals surface area contributed by atoms with Gasteiger partial charge < -0.3 is 15.0 Å². The molecule has 0 saturated carbocycles. The molecule has 1 aromatic carbocycles. The molecular formula is C19H20N4O2. The van der Waals surface area contributed by atoms with E-state index in [0.29, 0.717) is 29.2 Å². The number of ether oxygens (including phenoxy) is 1. The number of H-pyrrole nitrogens is 1. The molecule has 1 amide bonds. The summed E-state index contributed by atoms with van der Waals surface area (Å²) in [6.07, 6.45) is 7.90. The molecule has 2 heterocycles. The Morgan fingerprint density at radius 1 is 1.28 bits per heavy atom. The Hall–Kier alpha value is -2.89. The Morgan fingerprint density at radius 3 is 2.96 bits per heavy atom. The number of hydrogen-bond acceptors (Lipinski definition) is 4. The molecule has 0 unspecified atom stereocenters. The lowest BCUT2D eigenvalue weighted by Crippen LogP contribution is -2.22. The number of aromatic amines is 1. The van der Waals surface area contributed by atoms with Crippen LogP contribution in [-0.2, 0) is 12.8 Å². The summed E-state index contributed by atoms with van der Waals surface area (Å²) in [7, 11) is 0. The Kier molecular flexibility index (Phi) is 4.09. The van der Waals surface area contributed by atoms with E-state index in [0.717, 1.165) is 18.6 Å². The first-order chi connectivity index (χ1) is 12.2. The highest BCUT2D eigenvalue weighted by molar-refractivity contribution is 6.04. The number of benzene rings is 1. The fourth-order valence-corrected chi connectivity index (χ4v) is 3.25. The van der Waals surface area contributed by atoms with E-state index in [4.69, 9.17) is 4.74 Å². The topological polar surface area (TPSA) is 79.9 Å². The summed E-state index contributed by atoms with van der Waals surface area (Å²) in [5.74, 6) is 0.965. The third-order valence-corrected chi connectivity index (χ3v) is 4.48. The fraction of sp³-hybridized carbons (Fsp3) is 0.316. The first-order valence-electron chi connectivity index (χ1n) is 8.66. The van der Waals surface area contributed by atoms with Gasteiger partial charge in [0.25, 0.3) is 5.91 Å². The molecule has 0 spiro atoms. The van der Waals surface area contributed by atoms with E-state index in [1.54, 1.807) is 12.4 Å². The van der Waals surface area contributed by atoms with Crippen molar-refractivity contribution in [2.75, 3.05) is 6.54 Å². The highest BCUT2D eigenvalue weighted by Gasteiger charge is 2.15. The van der Waals surface area contributed by atoms with Gasteiger partial charge in [-0.2, -0.15) is 0 Å². The second kappa shape index (κ2) is 6.55. The summed E-state index contributed by atoms with van der Waals surface area (Å²) in [4.78, 5) is 23.9. The molecule has 0 aliphatic heterocycles. The van der Waals surface area contributed by atoms with E-state index in [2.05, 4.69) is 32.4 Å². The molecule has 2 N–H and O–H groups in total. The average molecular weight is 336 g/mol. The van der Waals surface area contributed by atoms with Crippen LogP contribution in [-0.4, -0.2) is 27.4 Å². The molecule has 25 heavy (non-hydrogen) atoms. The summed E-state index contributed by atoms with van der Waals surface area (Å²) < 4.78 is 5.90. The highest BCUT2D eigenvalue weighted by Crippen LogP contribution is 2.28. The molecule has 6 nitrogen and oxygen atoms in total. The second-order valence-corrected chi connectivity index (χ2v) is 6.21. The number of nitrogens with zero attached hydrogens (tertiary/aromatic N) is 2. The second-order valence-electron chi connectivity index (χ2n) is 6.21. The maximum absolute atomic E-state index is 12.1. The third-order valence-electron chi connectivity index (χ3n) is 4.48. The van der Waals surface area contributed by atoms with Crippen molar-refractivity contribution in [1.82, 2.24) is 20.3 Å². The molecule has 1 aliphatic carbocycles. The minimum atomic E-state index is -0.172. The van der Waals surface area contributed by atoms with E-state index >= 15 is 0 Å². The van der Waals surface area contributed by atoms with Gasteiger partial charge >= 0.3 is 0 Å². The first-order valence-corrected chi connectivity index (χ1v) is 8.66. The number of nitrogens with one attached hydrogen (secondary N) is 2. The minimum Gasteiger partial charge on any atom is -0.437 e. The zero-order chi connectivity index (χ0) is 17.2. The van der Waals surface area contributed by atoms with Crippen molar-refractivity contribution < 1.29 is 9.53 Å². The van der Waals surface area contributed by atoms with Gasteiger partial charge in [-0.25, -0.2) is 9.97 Å². The van der Waals surface area contributed by atoms with Crippen molar-refractivity contribution >= 4 is 17.1 Å². The molecule has 1 aliphatic rings. The lowest BCUT2D eigenvalue weighted by molar-refractivity contribution is 0.0957. The molecule has 0 saturated heterocycles. The molecule has 6 heteroatoms. The van der Waals surface area contributed by atoms with E-state index in [-0.39, 0.29) is 5.91 Å². The van der Waals surface area contributed by atoms with E-state index < -0.39 is 0 Å². The van der Waals surface area contributed by atoms with Gasteiger partial charge in [0.05, 0.1) is 11.8 Å². The number of aryl methyl sites for hydroxylation is 2. The van der Waals surface area contributed by atoms with E-state index in [1.807, 2.05) is 13.0 Å². The predicted octanol–water partition coefficient (Wildman–Crippen LogP) is 3.38. The van der Waals surface area contributed by atoms with Crippen molar-refractivity contribution in [3.63, 3.8) is 0 Å². The first kappa shape index (κ1) is 15.6. The molecule has 0 bridgehead atoms. The quantitative estimate of drug-likeness (QED) is 0.765. The smallest absolute Gasteiger partial charge is 0.255 e. The summed E-state index contributed by atoms with van der Waals surface area (Å²) in [6, 6.07) is 6.19. The van der Waals surface area contributed by atoms with Gasteiger partial charge in [-0.3, -0.25) is 4.79 Å². The lowest BCUT2D eigenvalue weighted by Gasteiger charge is -2.16. The molecular weight excluding hydrogens is 316 g/mol. The normalized spacial score (nSPS) is 13.5.